The second-order valence-corrected chi connectivity index (χ2v) is 4.91. The average Bonchev–Trinajstić information content (AvgIpc) is 2.37. The first-order valence-electron chi connectivity index (χ1n) is 6.54. The number of nitrogens with zero attached hydrogens (tertiary/aromatic N) is 4. The van der Waals surface area contributed by atoms with E-state index >= 15 is 0 Å². The summed E-state index contributed by atoms with van der Waals surface area (Å²) in [6.07, 6.45) is 0. The molecule has 6 heteroatoms. The fraction of sp³-hybridized carbons (Fsp3) is 0.429. The summed E-state index contributed by atoms with van der Waals surface area (Å²) in [5, 5.41) is 0. The van der Waals surface area contributed by atoms with Crippen molar-refractivity contribution in [3.05, 3.63) is 34.2 Å². The predicted octanol–water partition coefficient (Wildman–Crippen LogP) is 2.56. The number of anilines is 2. The van der Waals surface area contributed by atoms with Crippen molar-refractivity contribution < 1.29 is 0 Å². The quantitative estimate of drug-likeness (QED) is 0.836. The van der Waals surface area contributed by atoms with E-state index in [9.17, 15) is 0 Å². The van der Waals surface area contributed by atoms with Crippen LogP contribution < -0.4 is 10.9 Å². The highest BCUT2D eigenvalue weighted by Gasteiger charge is 2.08. The van der Waals surface area contributed by atoms with Gasteiger partial charge < -0.3 is 0 Å². The summed E-state index contributed by atoms with van der Waals surface area (Å²) in [7, 11) is 0. The maximum absolute atomic E-state index is 4.47. The third-order valence-electron chi connectivity index (χ3n) is 3.26. The van der Waals surface area contributed by atoms with Gasteiger partial charge in [-0.05, 0) is 41.5 Å². The molecule has 0 bridgehead atoms. The van der Waals surface area contributed by atoms with E-state index in [0.717, 1.165) is 34.2 Å². The minimum Gasteiger partial charge on any atom is -0.281 e. The molecular weight excluding hydrogens is 252 g/mol. The maximum Gasteiger partial charge on any atom is 0.166 e. The van der Waals surface area contributed by atoms with Gasteiger partial charge in [0.25, 0.3) is 0 Å². The Labute approximate surface area is 119 Å². The van der Waals surface area contributed by atoms with Crippen molar-refractivity contribution in [2.45, 2.75) is 41.5 Å². The van der Waals surface area contributed by atoms with Gasteiger partial charge in [0.1, 0.15) is 0 Å². The highest BCUT2D eigenvalue weighted by atomic mass is 15.4. The van der Waals surface area contributed by atoms with Crippen molar-refractivity contribution in [1.29, 1.82) is 0 Å². The maximum atomic E-state index is 4.47. The summed E-state index contributed by atoms with van der Waals surface area (Å²) >= 11 is 0. The molecule has 2 N–H and O–H groups in total. The molecule has 0 atom stereocenters. The Kier molecular flexibility index (Phi) is 3.83. The molecule has 0 aromatic carbocycles. The molecule has 2 aromatic rings. The van der Waals surface area contributed by atoms with E-state index in [1.54, 1.807) is 0 Å². The molecule has 0 fully saturated rings. The Morgan fingerprint density at radius 3 is 1.10 bits per heavy atom. The second-order valence-electron chi connectivity index (χ2n) is 4.91. The number of hydrogen-bond acceptors (Lipinski definition) is 6. The van der Waals surface area contributed by atoms with Gasteiger partial charge >= 0.3 is 0 Å². The lowest BCUT2D eigenvalue weighted by atomic mass is 10.3. The van der Waals surface area contributed by atoms with Gasteiger partial charge in [0.05, 0.1) is 34.2 Å². The Morgan fingerprint density at radius 2 is 0.750 bits per heavy atom. The third kappa shape index (κ3) is 2.84. The van der Waals surface area contributed by atoms with Crippen LogP contribution in [0.2, 0.25) is 0 Å². The van der Waals surface area contributed by atoms with Crippen molar-refractivity contribution in [2.75, 3.05) is 10.9 Å². The lowest BCUT2D eigenvalue weighted by molar-refractivity contribution is 0.983. The third-order valence-corrected chi connectivity index (χ3v) is 3.26. The van der Waals surface area contributed by atoms with Crippen LogP contribution in [0.5, 0.6) is 0 Å². The van der Waals surface area contributed by atoms with E-state index in [-0.39, 0.29) is 0 Å². The van der Waals surface area contributed by atoms with Gasteiger partial charge in [-0.25, -0.2) is 9.97 Å². The van der Waals surface area contributed by atoms with E-state index in [4.69, 9.17) is 0 Å². The molecule has 0 unspecified atom stereocenters. The minimum absolute atomic E-state index is 0.701. The molecule has 0 spiro atoms. The summed E-state index contributed by atoms with van der Waals surface area (Å²) in [5.74, 6) is 1.40. The number of hydrazine groups is 1. The van der Waals surface area contributed by atoms with Crippen LogP contribution in [0.4, 0.5) is 11.6 Å². The number of nitrogens with one attached hydrogen (secondary N) is 2. The molecule has 2 heterocycles. The molecule has 106 valence electrons. The molecular formula is C14H20N6. The lowest BCUT2D eigenvalue weighted by Crippen LogP contribution is -2.16. The van der Waals surface area contributed by atoms with Gasteiger partial charge in [-0.1, -0.05) is 0 Å². The molecule has 2 aromatic heterocycles. The molecule has 0 radical (unpaired) electrons. The van der Waals surface area contributed by atoms with E-state index in [2.05, 4.69) is 30.8 Å². The van der Waals surface area contributed by atoms with Crippen LogP contribution in [0, 0.1) is 41.5 Å². The Morgan fingerprint density at radius 1 is 0.450 bits per heavy atom. The van der Waals surface area contributed by atoms with Crippen molar-refractivity contribution >= 4 is 11.6 Å². The van der Waals surface area contributed by atoms with E-state index < -0.39 is 0 Å². The fourth-order valence-corrected chi connectivity index (χ4v) is 1.79. The molecule has 0 saturated heterocycles. The van der Waals surface area contributed by atoms with Gasteiger partial charge in [-0.3, -0.25) is 20.8 Å². The van der Waals surface area contributed by atoms with Gasteiger partial charge in [0.15, 0.2) is 11.6 Å². The van der Waals surface area contributed by atoms with Crippen LogP contribution in [0.3, 0.4) is 0 Å². The molecule has 0 aliphatic heterocycles. The smallest absolute Gasteiger partial charge is 0.166 e. The zero-order valence-electron chi connectivity index (χ0n) is 12.8. The zero-order chi connectivity index (χ0) is 14.9. The monoisotopic (exact) mass is 272 g/mol. The molecule has 0 amide bonds. The van der Waals surface area contributed by atoms with Crippen molar-refractivity contribution in [2.24, 2.45) is 0 Å². The first kappa shape index (κ1) is 14.2. The standard InChI is InChI=1S/C14H20N6/c1-7-9(3)17-13(11(5)15-7)19-20-14-12(6)16-8(2)10(4)18-14/h1-6H3,(H,17,19)(H,18,20). The molecule has 0 aliphatic carbocycles. The highest BCUT2D eigenvalue weighted by molar-refractivity contribution is 5.50. The van der Waals surface area contributed by atoms with E-state index in [1.165, 1.54) is 0 Å². The van der Waals surface area contributed by atoms with Gasteiger partial charge in [-0.15, -0.1) is 0 Å². The average molecular weight is 272 g/mol. The van der Waals surface area contributed by atoms with Crippen LogP contribution in [0.15, 0.2) is 0 Å². The Hall–Kier alpha value is -2.24. The van der Waals surface area contributed by atoms with Crippen LogP contribution in [0.1, 0.15) is 34.2 Å². The number of rotatable bonds is 3. The van der Waals surface area contributed by atoms with Crippen LogP contribution >= 0.6 is 0 Å². The normalized spacial score (nSPS) is 10.5. The summed E-state index contributed by atoms with van der Waals surface area (Å²) in [6.45, 7) is 11.6. The fourth-order valence-electron chi connectivity index (χ4n) is 1.79. The first-order chi connectivity index (χ1) is 9.38. The SMILES string of the molecule is Cc1nc(C)c(NNc2nc(C)c(C)nc2C)nc1C. The predicted molar refractivity (Wildman–Crippen MR) is 79.7 cm³/mol. The van der Waals surface area contributed by atoms with Crippen molar-refractivity contribution in [1.82, 2.24) is 19.9 Å². The Bertz CT molecular complexity index is 593. The highest BCUT2D eigenvalue weighted by Crippen LogP contribution is 2.15. The first-order valence-corrected chi connectivity index (χ1v) is 6.54. The summed E-state index contributed by atoms with van der Waals surface area (Å²) in [5.41, 5.74) is 11.5. The second kappa shape index (κ2) is 5.40. The van der Waals surface area contributed by atoms with Crippen molar-refractivity contribution in [3.63, 3.8) is 0 Å². The number of aryl methyl sites for hydroxylation is 6. The number of hydrogen-bond donors (Lipinski definition) is 2. The number of aromatic nitrogens is 4. The Balaban J connectivity index is 2.21. The summed E-state index contributed by atoms with van der Waals surface area (Å²) in [6, 6.07) is 0. The van der Waals surface area contributed by atoms with E-state index in [0.29, 0.717) is 11.6 Å². The van der Waals surface area contributed by atoms with Crippen LogP contribution in [-0.4, -0.2) is 19.9 Å². The minimum atomic E-state index is 0.701. The summed E-state index contributed by atoms with van der Waals surface area (Å²) < 4.78 is 0. The van der Waals surface area contributed by atoms with Crippen molar-refractivity contribution in [3.8, 4) is 0 Å². The molecule has 0 aliphatic rings. The van der Waals surface area contributed by atoms with Crippen LogP contribution in [-0.2, 0) is 0 Å². The van der Waals surface area contributed by atoms with Gasteiger partial charge in [0, 0.05) is 0 Å². The van der Waals surface area contributed by atoms with Gasteiger partial charge in [-0.2, -0.15) is 0 Å². The zero-order valence-corrected chi connectivity index (χ0v) is 12.8. The van der Waals surface area contributed by atoms with E-state index in [1.807, 2.05) is 41.5 Å². The lowest BCUT2D eigenvalue weighted by Gasteiger charge is -2.14. The van der Waals surface area contributed by atoms with Gasteiger partial charge in [0.2, 0.25) is 0 Å². The molecule has 6 nitrogen and oxygen atoms in total. The molecule has 2 rings (SSSR count). The topological polar surface area (TPSA) is 75.6 Å². The molecule has 0 saturated carbocycles. The summed E-state index contributed by atoms with van der Waals surface area (Å²) in [4.78, 5) is 17.8. The largest absolute Gasteiger partial charge is 0.281 e. The molecule has 20 heavy (non-hydrogen) atoms. The van der Waals surface area contributed by atoms with Crippen LogP contribution in [0.25, 0.3) is 0 Å².